The highest BCUT2D eigenvalue weighted by Gasteiger charge is 2.18. The summed E-state index contributed by atoms with van der Waals surface area (Å²) in [5, 5.41) is 2.92. The average Bonchev–Trinajstić information content (AvgIpc) is 2.39. The molecule has 1 fully saturated rings. The van der Waals surface area contributed by atoms with Crippen LogP contribution < -0.4 is 10.1 Å². The van der Waals surface area contributed by atoms with E-state index in [0.29, 0.717) is 12.5 Å². The molecule has 1 N–H and O–H groups in total. The minimum Gasteiger partial charge on any atom is -0.490 e. The van der Waals surface area contributed by atoms with Gasteiger partial charge < -0.3 is 10.1 Å². The molecule has 3 heteroatoms. The lowest BCUT2D eigenvalue weighted by molar-refractivity contribution is -0.116. The Morgan fingerprint density at radius 3 is 2.78 bits per heavy atom. The smallest absolute Gasteiger partial charge is 0.224 e. The second-order valence-electron chi connectivity index (χ2n) is 5.24. The first-order chi connectivity index (χ1) is 8.81. The van der Waals surface area contributed by atoms with E-state index in [1.165, 1.54) is 24.8 Å². The molecular formula is C15H19NO2. The van der Waals surface area contributed by atoms with Crippen LogP contribution in [0.4, 0.5) is 5.69 Å². The van der Waals surface area contributed by atoms with Gasteiger partial charge in [-0.3, -0.25) is 4.79 Å². The third-order valence-corrected chi connectivity index (χ3v) is 3.83. The molecule has 0 radical (unpaired) electrons. The van der Waals surface area contributed by atoms with Crippen LogP contribution in [0.15, 0.2) is 18.2 Å². The molecule has 0 atom stereocenters. The fourth-order valence-corrected chi connectivity index (χ4v) is 2.80. The van der Waals surface area contributed by atoms with Gasteiger partial charge in [0.1, 0.15) is 5.75 Å². The number of anilines is 1. The Balaban J connectivity index is 1.73. The second kappa shape index (κ2) is 5.01. The number of rotatable bonds is 2. The second-order valence-corrected chi connectivity index (χ2v) is 5.24. The number of nitrogens with one attached hydrogen (secondary N) is 1. The lowest BCUT2D eigenvalue weighted by Crippen LogP contribution is -2.21. The lowest BCUT2D eigenvalue weighted by atomic mass is 9.97. The van der Waals surface area contributed by atoms with E-state index >= 15 is 0 Å². The standard InChI is InChI=1S/C15H19NO2/c17-15-9-7-11-6-8-13(10-14(11)16-15)18-12-4-2-1-3-5-12/h6,8,10,12H,1-5,7,9H2,(H,16,17). The molecule has 0 aromatic heterocycles. The van der Waals surface area contributed by atoms with Crippen molar-refractivity contribution >= 4 is 11.6 Å². The lowest BCUT2D eigenvalue weighted by Gasteiger charge is -2.24. The molecule has 1 saturated carbocycles. The van der Waals surface area contributed by atoms with E-state index in [2.05, 4.69) is 11.4 Å². The number of aryl methyl sites for hydroxylation is 1. The molecule has 0 spiro atoms. The van der Waals surface area contributed by atoms with Gasteiger partial charge in [-0.2, -0.15) is 0 Å². The molecule has 96 valence electrons. The maximum absolute atomic E-state index is 11.4. The average molecular weight is 245 g/mol. The van der Waals surface area contributed by atoms with Crippen molar-refractivity contribution in [3.63, 3.8) is 0 Å². The summed E-state index contributed by atoms with van der Waals surface area (Å²) in [7, 11) is 0. The fraction of sp³-hybridized carbons (Fsp3) is 0.533. The van der Waals surface area contributed by atoms with E-state index in [1.54, 1.807) is 0 Å². The van der Waals surface area contributed by atoms with Gasteiger partial charge in [-0.15, -0.1) is 0 Å². The summed E-state index contributed by atoms with van der Waals surface area (Å²) in [5.41, 5.74) is 2.14. The van der Waals surface area contributed by atoms with E-state index in [0.717, 1.165) is 30.7 Å². The number of benzene rings is 1. The SMILES string of the molecule is O=C1CCc2ccc(OC3CCCCC3)cc2N1. The predicted octanol–water partition coefficient (Wildman–Crippen LogP) is 3.28. The van der Waals surface area contributed by atoms with Crippen molar-refractivity contribution in [2.75, 3.05) is 5.32 Å². The minimum atomic E-state index is 0.109. The number of fused-ring (bicyclic) bond motifs is 1. The van der Waals surface area contributed by atoms with Crippen molar-refractivity contribution in [3.8, 4) is 5.75 Å². The summed E-state index contributed by atoms with van der Waals surface area (Å²) in [6.07, 6.45) is 7.97. The van der Waals surface area contributed by atoms with Gasteiger partial charge in [-0.1, -0.05) is 12.5 Å². The van der Waals surface area contributed by atoms with E-state index in [-0.39, 0.29) is 5.91 Å². The monoisotopic (exact) mass is 245 g/mol. The molecule has 1 aliphatic carbocycles. The van der Waals surface area contributed by atoms with Crippen LogP contribution in [0.25, 0.3) is 0 Å². The number of carbonyl (C=O) groups excluding carboxylic acids is 1. The topological polar surface area (TPSA) is 38.3 Å². The summed E-state index contributed by atoms with van der Waals surface area (Å²) in [4.78, 5) is 11.4. The summed E-state index contributed by atoms with van der Waals surface area (Å²) >= 11 is 0. The van der Waals surface area contributed by atoms with E-state index in [9.17, 15) is 4.79 Å². The number of ether oxygens (including phenoxy) is 1. The van der Waals surface area contributed by atoms with Crippen LogP contribution in [-0.2, 0) is 11.2 Å². The normalized spacial score (nSPS) is 20.1. The molecule has 3 nitrogen and oxygen atoms in total. The predicted molar refractivity (Wildman–Crippen MR) is 70.9 cm³/mol. The molecule has 0 unspecified atom stereocenters. The Morgan fingerprint density at radius 2 is 1.94 bits per heavy atom. The maximum Gasteiger partial charge on any atom is 0.224 e. The van der Waals surface area contributed by atoms with E-state index in [4.69, 9.17) is 4.74 Å². The maximum atomic E-state index is 11.4. The molecule has 1 aromatic rings. The first-order valence-electron chi connectivity index (χ1n) is 6.91. The van der Waals surface area contributed by atoms with Gasteiger partial charge in [0.2, 0.25) is 5.91 Å². The van der Waals surface area contributed by atoms with Gasteiger partial charge in [0.15, 0.2) is 0 Å². The Kier molecular flexibility index (Phi) is 3.22. The fourth-order valence-electron chi connectivity index (χ4n) is 2.80. The van der Waals surface area contributed by atoms with Crippen LogP contribution in [0.2, 0.25) is 0 Å². The third-order valence-electron chi connectivity index (χ3n) is 3.83. The molecule has 1 aromatic carbocycles. The van der Waals surface area contributed by atoms with Crippen molar-refractivity contribution < 1.29 is 9.53 Å². The zero-order chi connectivity index (χ0) is 12.4. The number of amides is 1. The zero-order valence-corrected chi connectivity index (χ0v) is 10.6. The first-order valence-corrected chi connectivity index (χ1v) is 6.91. The quantitative estimate of drug-likeness (QED) is 0.868. The Bertz CT molecular complexity index is 450. The third kappa shape index (κ3) is 2.50. The Hall–Kier alpha value is -1.51. The van der Waals surface area contributed by atoms with Crippen LogP contribution in [0.3, 0.4) is 0 Å². The minimum absolute atomic E-state index is 0.109. The molecule has 18 heavy (non-hydrogen) atoms. The van der Waals surface area contributed by atoms with Gasteiger partial charge in [-0.05, 0) is 43.7 Å². The number of hydrogen-bond acceptors (Lipinski definition) is 2. The summed E-state index contributed by atoms with van der Waals surface area (Å²) in [6.45, 7) is 0. The molecule has 1 aliphatic heterocycles. The summed E-state index contributed by atoms with van der Waals surface area (Å²) in [6, 6.07) is 6.08. The van der Waals surface area contributed by atoms with Crippen LogP contribution >= 0.6 is 0 Å². The highest BCUT2D eigenvalue weighted by atomic mass is 16.5. The van der Waals surface area contributed by atoms with Gasteiger partial charge in [-0.25, -0.2) is 0 Å². The Labute approximate surface area is 108 Å². The molecule has 2 aliphatic rings. The number of carbonyl (C=O) groups is 1. The van der Waals surface area contributed by atoms with Crippen molar-refractivity contribution in [3.05, 3.63) is 23.8 Å². The summed E-state index contributed by atoms with van der Waals surface area (Å²) < 4.78 is 6.01. The molecule has 3 rings (SSSR count). The van der Waals surface area contributed by atoms with Crippen LogP contribution in [-0.4, -0.2) is 12.0 Å². The van der Waals surface area contributed by atoms with Crippen LogP contribution in [0.5, 0.6) is 5.75 Å². The van der Waals surface area contributed by atoms with E-state index in [1.807, 2.05) is 12.1 Å². The van der Waals surface area contributed by atoms with Gasteiger partial charge in [0.05, 0.1) is 6.10 Å². The van der Waals surface area contributed by atoms with Gasteiger partial charge in [0.25, 0.3) is 0 Å². The van der Waals surface area contributed by atoms with Crippen molar-refractivity contribution in [2.45, 2.75) is 51.0 Å². The van der Waals surface area contributed by atoms with Gasteiger partial charge >= 0.3 is 0 Å². The molecule has 1 amide bonds. The van der Waals surface area contributed by atoms with E-state index < -0.39 is 0 Å². The number of hydrogen-bond donors (Lipinski definition) is 1. The Morgan fingerprint density at radius 1 is 1.11 bits per heavy atom. The van der Waals surface area contributed by atoms with Gasteiger partial charge in [0, 0.05) is 18.2 Å². The molecule has 0 bridgehead atoms. The largest absolute Gasteiger partial charge is 0.490 e. The highest BCUT2D eigenvalue weighted by molar-refractivity contribution is 5.94. The first kappa shape index (κ1) is 11.6. The van der Waals surface area contributed by atoms with Crippen LogP contribution in [0.1, 0.15) is 44.1 Å². The molecule has 0 saturated heterocycles. The van der Waals surface area contributed by atoms with Crippen LogP contribution in [0, 0.1) is 0 Å². The van der Waals surface area contributed by atoms with Crippen molar-refractivity contribution in [1.82, 2.24) is 0 Å². The molecular weight excluding hydrogens is 226 g/mol. The van der Waals surface area contributed by atoms with Crippen molar-refractivity contribution in [2.24, 2.45) is 0 Å². The summed E-state index contributed by atoms with van der Waals surface area (Å²) in [5.74, 6) is 1.00. The molecule has 1 heterocycles. The highest BCUT2D eigenvalue weighted by Crippen LogP contribution is 2.29. The van der Waals surface area contributed by atoms with Crippen molar-refractivity contribution in [1.29, 1.82) is 0 Å². The zero-order valence-electron chi connectivity index (χ0n) is 10.6.